The number of rotatable bonds is 13. The molecule has 8 heteroatoms. The van der Waals surface area contributed by atoms with Crippen LogP contribution in [0.5, 0.6) is 11.5 Å². The first-order valence-corrected chi connectivity index (χ1v) is 12.4. The van der Waals surface area contributed by atoms with Gasteiger partial charge < -0.3 is 23.7 Å². The monoisotopic (exact) mass is 522 g/mol. The summed E-state index contributed by atoms with van der Waals surface area (Å²) in [6.07, 6.45) is 0.256. The first-order chi connectivity index (χ1) is 18.1. The lowest BCUT2D eigenvalue weighted by atomic mass is 9.91. The fourth-order valence-electron chi connectivity index (χ4n) is 3.75. The standard InChI is InChI=1S/C30H34O8/c1-6-22-15-25(38-28(32)21(4)5)11-12-26(22)23-7-9-24(10-8-23)35-17-30(18-36-29(33)37-19-30)16-34-14-13-27(31)20(2)3/h7-12,15H,2,4,6,13-14,16-19H2,1,3,5H3. The van der Waals surface area contributed by atoms with Gasteiger partial charge in [0.1, 0.15) is 31.3 Å². The van der Waals surface area contributed by atoms with Gasteiger partial charge in [-0.05, 0) is 66.8 Å². The van der Waals surface area contributed by atoms with Gasteiger partial charge in [0, 0.05) is 12.0 Å². The molecule has 1 fully saturated rings. The Morgan fingerprint density at radius 3 is 2.21 bits per heavy atom. The maximum atomic E-state index is 11.9. The fraction of sp³-hybridized carbons (Fsp3) is 0.367. The molecule has 0 bridgehead atoms. The minimum absolute atomic E-state index is 0.0598. The van der Waals surface area contributed by atoms with Gasteiger partial charge >= 0.3 is 12.1 Å². The quantitative estimate of drug-likeness (QED) is 0.148. The van der Waals surface area contributed by atoms with Gasteiger partial charge in [0.2, 0.25) is 0 Å². The predicted molar refractivity (Wildman–Crippen MR) is 142 cm³/mol. The Bertz CT molecular complexity index is 1190. The van der Waals surface area contributed by atoms with Crippen molar-refractivity contribution in [2.75, 3.05) is 33.0 Å². The van der Waals surface area contributed by atoms with Crippen LogP contribution < -0.4 is 9.47 Å². The molecule has 38 heavy (non-hydrogen) atoms. The van der Waals surface area contributed by atoms with Gasteiger partial charge in [0.15, 0.2) is 5.78 Å². The number of allylic oxidation sites excluding steroid dienone is 1. The van der Waals surface area contributed by atoms with Crippen molar-refractivity contribution in [3.05, 3.63) is 72.3 Å². The molecule has 0 atom stereocenters. The summed E-state index contributed by atoms with van der Waals surface area (Å²) in [5, 5.41) is 0. The van der Waals surface area contributed by atoms with E-state index in [0.29, 0.717) is 22.6 Å². The first-order valence-electron chi connectivity index (χ1n) is 12.4. The normalized spacial score (nSPS) is 14.1. The summed E-state index contributed by atoms with van der Waals surface area (Å²) in [6.45, 7) is 13.3. The highest BCUT2D eigenvalue weighted by atomic mass is 16.7. The fourth-order valence-corrected chi connectivity index (χ4v) is 3.75. The second-order valence-corrected chi connectivity index (χ2v) is 9.49. The van der Waals surface area contributed by atoms with Crippen LogP contribution in [0, 0.1) is 5.41 Å². The lowest BCUT2D eigenvalue weighted by Crippen LogP contribution is -2.47. The third kappa shape index (κ3) is 7.79. The van der Waals surface area contributed by atoms with Crippen LogP contribution in [-0.2, 0) is 30.2 Å². The van der Waals surface area contributed by atoms with Gasteiger partial charge in [0.25, 0.3) is 0 Å². The molecule has 1 heterocycles. The molecule has 2 aromatic carbocycles. The molecule has 0 spiro atoms. The van der Waals surface area contributed by atoms with E-state index >= 15 is 0 Å². The van der Waals surface area contributed by atoms with Crippen LogP contribution in [0.3, 0.4) is 0 Å². The van der Waals surface area contributed by atoms with Gasteiger partial charge in [-0.25, -0.2) is 9.59 Å². The predicted octanol–water partition coefficient (Wildman–Crippen LogP) is 5.48. The smallest absolute Gasteiger partial charge is 0.493 e. The number of benzene rings is 2. The van der Waals surface area contributed by atoms with Gasteiger partial charge in [-0.15, -0.1) is 0 Å². The van der Waals surface area contributed by atoms with Crippen LogP contribution >= 0.6 is 0 Å². The molecule has 1 aliphatic heterocycles. The highest BCUT2D eigenvalue weighted by Crippen LogP contribution is 2.31. The van der Waals surface area contributed by atoms with E-state index in [1.54, 1.807) is 19.9 Å². The summed E-state index contributed by atoms with van der Waals surface area (Å²) in [4.78, 5) is 35.0. The van der Waals surface area contributed by atoms with Crippen LogP contribution in [0.4, 0.5) is 4.79 Å². The van der Waals surface area contributed by atoms with E-state index in [0.717, 1.165) is 23.1 Å². The molecule has 0 radical (unpaired) electrons. The molecule has 0 amide bonds. The largest absolute Gasteiger partial charge is 0.508 e. The zero-order valence-electron chi connectivity index (χ0n) is 22.2. The number of carbonyl (C=O) groups is 3. The van der Waals surface area contributed by atoms with Gasteiger partial charge in [-0.1, -0.05) is 38.3 Å². The zero-order valence-corrected chi connectivity index (χ0v) is 22.2. The van der Waals surface area contributed by atoms with Crippen LogP contribution in [0.25, 0.3) is 11.1 Å². The van der Waals surface area contributed by atoms with Crippen molar-refractivity contribution in [3.63, 3.8) is 0 Å². The number of hydrogen-bond donors (Lipinski definition) is 0. The molecule has 3 rings (SSSR count). The number of aryl methyl sites for hydroxylation is 1. The highest BCUT2D eigenvalue weighted by molar-refractivity contribution is 5.94. The van der Waals surface area contributed by atoms with Crippen molar-refractivity contribution in [1.29, 1.82) is 0 Å². The Balaban J connectivity index is 1.65. The summed E-state index contributed by atoms with van der Waals surface area (Å²) >= 11 is 0. The number of esters is 1. The molecular weight excluding hydrogens is 488 g/mol. The zero-order chi connectivity index (χ0) is 27.7. The number of cyclic esters (lactones) is 2. The van der Waals surface area contributed by atoms with E-state index < -0.39 is 17.5 Å². The number of ketones is 1. The highest BCUT2D eigenvalue weighted by Gasteiger charge is 2.39. The van der Waals surface area contributed by atoms with E-state index in [2.05, 4.69) is 13.2 Å². The topological polar surface area (TPSA) is 97.4 Å². The molecule has 2 aromatic rings. The maximum Gasteiger partial charge on any atom is 0.508 e. The Kier molecular flexibility index (Phi) is 9.85. The number of Topliss-reactive ketones (excluding diaryl/α,β-unsaturated/α-hetero) is 1. The summed E-state index contributed by atoms with van der Waals surface area (Å²) in [5.41, 5.74) is 3.17. The average molecular weight is 523 g/mol. The third-order valence-electron chi connectivity index (χ3n) is 6.08. The minimum Gasteiger partial charge on any atom is -0.493 e. The minimum atomic E-state index is -0.727. The SMILES string of the molecule is C=C(C)C(=O)CCOCC1(COc2ccc(-c3ccc(OC(=O)C(=C)C)cc3CC)cc2)COC(=O)OC1. The summed E-state index contributed by atoms with van der Waals surface area (Å²) in [5.74, 6) is 0.594. The molecule has 0 saturated carbocycles. The number of ether oxygens (including phenoxy) is 5. The molecule has 0 aromatic heterocycles. The van der Waals surface area contributed by atoms with Crippen molar-refractivity contribution >= 4 is 17.9 Å². The van der Waals surface area contributed by atoms with Crippen molar-refractivity contribution in [3.8, 4) is 22.6 Å². The van der Waals surface area contributed by atoms with Crippen LogP contribution in [0.15, 0.2) is 66.8 Å². The van der Waals surface area contributed by atoms with Crippen molar-refractivity contribution in [2.24, 2.45) is 5.41 Å². The maximum absolute atomic E-state index is 11.9. The lowest BCUT2D eigenvalue weighted by molar-refractivity contribution is -0.130. The molecule has 8 nitrogen and oxygen atoms in total. The first kappa shape index (κ1) is 28.7. The average Bonchev–Trinajstić information content (AvgIpc) is 2.91. The van der Waals surface area contributed by atoms with Crippen molar-refractivity contribution < 1.29 is 38.1 Å². The summed E-state index contributed by atoms with van der Waals surface area (Å²) < 4.78 is 27.3. The van der Waals surface area contributed by atoms with E-state index in [4.69, 9.17) is 23.7 Å². The molecule has 0 N–H and O–H groups in total. The van der Waals surface area contributed by atoms with Gasteiger partial charge in [-0.2, -0.15) is 0 Å². The van der Waals surface area contributed by atoms with E-state index in [1.807, 2.05) is 43.3 Å². The van der Waals surface area contributed by atoms with Crippen LogP contribution in [0.1, 0.15) is 32.8 Å². The summed E-state index contributed by atoms with van der Waals surface area (Å²) in [7, 11) is 0. The summed E-state index contributed by atoms with van der Waals surface area (Å²) in [6, 6.07) is 13.2. The van der Waals surface area contributed by atoms with Crippen LogP contribution in [0.2, 0.25) is 0 Å². The molecule has 1 aliphatic rings. The molecule has 1 saturated heterocycles. The Hall–Kier alpha value is -3.91. The molecule has 202 valence electrons. The van der Waals surface area contributed by atoms with Crippen molar-refractivity contribution in [2.45, 2.75) is 33.6 Å². The second-order valence-electron chi connectivity index (χ2n) is 9.49. The van der Waals surface area contributed by atoms with Crippen LogP contribution in [-0.4, -0.2) is 50.9 Å². The second kappa shape index (κ2) is 13.1. The molecule has 0 unspecified atom stereocenters. The van der Waals surface area contributed by atoms with Gasteiger partial charge in [0.05, 0.1) is 18.6 Å². The van der Waals surface area contributed by atoms with E-state index in [-0.39, 0.29) is 45.2 Å². The number of carbonyl (C=O) groups excluding carboxylic acids is 3. The molecular formula is C30H34O8. The van der Waals surface area contributed by atoms with Gasteiger partial charge in [-0.3, -0.25) is 4.79 Å². The lowest BCUT2D eigenvalue weighted by Gasteiger charge is -2.35. The Morgan fingerprint density at radius 2 is 1.61 bits per heavy atom. The Labute approximate surface area is 223 Å². The third-order valence-corrected chi connectivity index (χ3v) is 6.08. The molecule has 0 aliphatic carbocycles. The van der Waals surface area contributed by atoms with Crippen molar-refractivity contribution in [1.82, 2.24) is 0 Å². The number of hydrogen-bond acceptors (Lipinski definition) is 8. The Morgan fingerprint density at radius 1 is 0.947 bits per heavy atom. The van der Waals surface area contributed by atoms with E-state index in [1.165, 1.54) is 0 Å². The van der Waals surface area contributed by atoms with E-state index in [9.17, 15) is 14.4 Å².